The van der Waals surface area contributed by atoms with Crippen molar-refractivity contribution in [1.82, 2.24) is 0 Å². The van der Waals surface area contributed by atoms with Crippen molar-refractivity contribution in [2.24, 2.45) is 17.3 Å². The van der Waals surface area contributed by atoms with Gasteiger partial charge in [0.15, 0.2) is 0 Å². The van der Waals surface area contributed by atoms with Crippen molar-refractivity contribution in [3.63, 3.8) is 0 Å². The minimum Gasteiger partial charge on any atom is -0.481 e. The standard InChI is InChI=1S/C23H38O5/c1-2-13-23(14-8-15-23)21(26)11-7-10-18-17(19(24)16-20(18)25)9-5-3-4-6-12-22(27)28/h7,10,17-18,20-21,25-26H,2-6,8-9,11-16H2,1H3,(H,27,28)/t17-,18-,20-,21+/m1/s1. The Hall–Kier alpha value is -1.20. The Bertz CT molecular complexity index is 537. The molecule has 28 heavy (non-hydrogen) atoms. The molecule has 160 valence electrons. The van der Waals surface area contributed by atoms with E-state index in [1.807, 2.05) is 12.2 Å². The molecule has 0 amide bonds. The van der Waals surface area contributed by atoms with Crippen LogP contribution in [-0.4, -0.2) is 39.3 Å². The van der Waals surface area contributed by atoms with Crippen molar-refractivity contribution in [2.45, 2.75) is 103 Å². The number of aliphatic hydroxyl groups is 2. The number of ketones is 1. The fourth-order valence-corrected chi connectivity index (χ4v) is 5.08. The number of hydrogen-bond donors (Lipinski definition) is 3. The molecule has 3 N–H and O–H groups in total. The number of hydrogen-bond acceptors (Lipinski definition) is 4. The predicted octanol–water partition coefficient (Wildman–Crippen LogP) is 4.26. The molecule has 2 aliphatic carbocycles. The zero-order chi connectivity index (χ0) is 20.6. The second-order valence-electron chi connectivity index (χ2n) is 8.91. The van der Waals surface area contributed by atoms with E-state index in [0.717, 1.165) is 51.4 Å². The molecule has 0 saturated heterocycles. The normalized spacial score (nSPS) is 27.8. The van der Waals surface area contributed by atoms with E-state index in [0.29, 0.717) is 12.8 Å². The highest BCUT2D eigenvalue weighted by atomic mass is 16.4. The van der Waals surface area contributed by atoms with Crippen molar-refractivity contribution >= 4 is 11.8 Å². The molecule has 2 rings (SSSR count). The summed E-state index contributed by atoms with van der Waals surface area (Å²) in [6.07, 6.45) is 13.7. The fraction of sp³-hybridized carbons (Fsp3) is 0.826. The van der Waals surface area contributed by atoms with Crippen LogP contribution in [0.15, 0.2) is 12.2 Å². The number of carboxylic acid groups (broad SMARTS) is 1. The minimum atomic E-state index is -0.760. The maximum atomic E-state index is 12.3. The summed E-state index contributed by atoms with van der Waals surface area (Å²) in [7, 11) is 0. The molecular formula is C23H38O5. The van der Waals surface area contributed by atoms with Gasteiger partial charge >= 0.3 is 5.97 Å². The number of rotatable bonds is 13. The highest BCUT2D eigenvalue weighted by Gasteiger charge is 2.42. The van der Waals surface area contributed by atoms with Gasteiger partial charge in [-0.1, -0.05) is 51.2 Å². The third-order valence-electron chi connectivity index (χ3n) is 6.91. The number of unbranched alkanes of at least 4 members (excludes halogenated alkanes) is 3. The lowest BCUT2D eigenvalue weighted by atomic mass is 9.62. The molecule has 0 aromatic heterocycles. The SMILES string of the molecule is CCCC1([C@@H](O)CC=C[C@H]2[C@H](O)CC(=O)[C@@H]2CCCCCCC(=O)O)CCC1. The first-order chi connectivity index (χ1) is 13.4. The van der Waals surface area contributed by atoms with Gasteiger partial charge in [0.25, 0.3) is 0 Å². The van der Waals surface area contributed by atoms with Crippen LogP contribution in [0.25, 0.3) is 0 Å². The molecule has 0 unspecified atom stereocenters. The maximum absolute atomic E-state index is 12.3. The van der Waals surface area contributed by atoms with Crippen LogP contribution < -0.4 is 0 Å². The average Bonchev–Trinajstić information content (AvgIpc) is 2.87. The van der Waals surface area contributed by atoms with Gasteiger partial charge in [-0.05, 0) is 43.9 Å². The van der Waals surface area contributed by atoms with Gasteiger partial charge in [-0.25, -0.2) is 0 Å². The van der Waals surface area contributed by atoms with Crippen LogP contribution in [0, 0.1) is 17.3 Å². The Kier molecular flexibility index (Phi) is 9.16. The third-order valence-corrected chi connectivity index (χ3v) is 6.91. The molecule has 0 radical (unpaired) electrons. The lowest BCUT2D eigenvalue weighted by Crippen LogP contribution is -2.41. The highest BCUT2D eigenvalue weighted by molar-refractivity contribution is 5.84. The highest BCUT2D eigenvalue weighted by Crippen LogP contribution is 2.48. The fourth-order valence-electron chi connectivity index (χ4n) is 5.08. The monoisotopic (exact) mass is 394 g/mol. The molecule has 0 aliphatic heterocycles. The summed E-state index contributed by atoms with van der Waals surface area (Å²) >= 11 is 0. The van der Waals surface area contributed by atoms with Gasteiger partial charge in [0.1, 0.15) is 5.78 Å². The topological polar surface area (TPSA) is 94.8 Å². The smallest absolute Gasteiger partial charge is 0.303 e. The van der Waals surface area contributed by atoms with Gasteiger partial charge in [0.05, 0.1) is 12.2 Å². The Morgan fingerprint density at radius 2 is 1.96 bits per heavy atom. The maximum Gasteiger partial charge on any atom is 0.303 e. The Labute approximate surface area is 169 Å². The third kappa shape index (κ3) is 6.15. The summed E-state index contributed by atoms with van der Waals surface area (Å²) in [6, 6.07) is 0. The number of carboxylic acids is 1. The second-order valence-corrected chi connectivity index (χ2v) is 8.91. The van der Waals surface area contributed by atoms with Gasteiger partial charge in [0.2, 0.25) is 0 Å². The van der Waals surface area contributed by atoms with Crippen molar-refractivity contribution in [2.75, 3.05) is 0 Å². The van der Waals surface area contributed by atoms with Crippen molar-refractivity contribution in [3.05, 3.63) is 12.2 Å². The number of aliphatic hydroxyl groups excluding tert-OH is 2. The zero-order valence-electron chi connectivity index (χ0n) is 17.3. The Balaban J connectivity index is 1.79. The van der Waals surface area contributed by atoms with Gasteiger partial charge < -0.3 is 15.3 Å². The van der Waals surface area contributed by atoms with E-state index in [1.54, 1.807) is 0 Å². The molecule has 4 atom stereocenters. The van der Waals surface area contributed by atoms with E-state index in [4.69, 9.17) is 5.11 Å². The number of carbonyl (C=O) groups excluding carboxylic acids is 1. The lowest BCUT2D eigenvalue weighted by molar-refractivity contribution is -0.137. The molecule has 0 spiro atoms. The summed E-state index contributed by atoms with van der Waals surface area (Å²) in [4.78, 5) is 22.8. The van der Waals surface area contributed by atoms with Gasteiger partial charge in [-0.15, -0.1) is 0 Å². The summed E-state index contributed by atoms with van der Waals surface area (Å²) < 4.78 is 0. The molecule has 0 aromatic rings. The van der Waals surface area contributed by atoms with Crippen LogP contribution in [0.4, 0.5) is 0 Å². The Morgan fingerprint density at radius 3 is 2.57 bits per heavy atom. The van der Waals surface area contributed by atoms with Crippen LogP contribution in [0.1, 0.15) is 90.4 Å². The summed E-state index contributed by atoms with van der Waals surface area (Å²) in [5.41, 5.74) is 0.0819. The molecular weight excluding hydrogens is 356 g/mol. The predicted molar refractivity (Wildman–Crippen MR) is 109 cm³/mol. The van der Waals surface area contributed by atoms with Crippen LogP contribution in [0.5, 0.6) is 0 Å². The second kappa shape index (κ2) is 11.1. The van der Waals surface area contributed by atoms with E-state index in [-0.39, 0.29) is 42.0 Å². The molecule has 2 saturated carbocycles. The summed E-state index contributed by atoms with van der Waals surface area (Å²) in [6.45, 7) is 2.16. The van der Waals surface area contributed by atoms with E-state index < -0.39 is 12.1 Å². The summed E-state index contributed by atoms with van der Waals surface area (Å²) in [5.74, 6) is -0.919. The quantitative estimate of drug-likeness (QED) is 0.320. The average molecular weight is 395 g/mol. The number of Topliss-reactive ketones (excluding diaryl/α,β-unsaturated/α-hetero) is 1. The van der Waals surface area contributed by atoms with Crippen molar-refractivity contribution in [1.29, 1.82) is 0 Å². The van der Waals surface area contributed by atoms with E-state index >= 15 is 0 Å². The minimum absolute atomic E-state index is 0.0819. The lowest BCUT2D eigenvalue weighted by Gasteiger charge is -2.45. The van der Waals surface area contributed by atoms with Crippen LogP contribution in [0.2, 0.25) is 0 Å². The van der Waals surface area contributed by atoms with Crippen molar-refractivity contribution < 1.29 is 24.9 Å². The molecule has 5 nitrogen and oxygen atoms in total. The van der Waals surface area contributed by atoms with E-state index in [2.05, 4.69) is 6.92 Å². The Morgan fingerprint density at radius 1 is 1.25 bits per heavy atom. The first-order valence-corrected chi connectivity index (χ1v) is 11.2. The van der Waals surface area contributed by atoms with Crippen LogP contribution in [0.3, 0.4) is 0 Å². The molecule has 0 heterocycles. The zero-order valence-corrected chi connectivity index (χ0v) is 17.3. The molecule has 0 aromatic carbocycles. The van der Waals surface area contributed by atoms with E-state index in [1.165, 1.54) is 6.42 Å². The largest absolute Gasteiger partial charge is 0.481 e. The molecule has 5 heteroatoms. The van der Waals surface area contributed by atoms with Gasteiger partial charge in [-0.3, -0.25) is 9.59 Å². The van der Waals surface area contributed by atoms with Crippen molar-refractivity contribution in [3.8, 4) is 0 Å². The first kappa shape index (κ1) is 23.1. The van der Waals surface area contributed by atoms with Crippen LogP contribution >= 0.6 is 0 Å². The summed E-state index contributed by atoms with van der Waals surface area (Å²) in [5, 5.41) is 29.6. The van der Waals surface area contributed by atoms with Crippen LogP contribution in [-0.2, 0) is 9.59 Å². The van der Waals surface area contributed by atoms with Gasteiger partial charge in [0, 0.05) is 24.7 Å². The molecule has 0 bridgehead atoms. The van der Waals surface area contributed by atoms with E-state index in [9.17, 15) is 19.8 Å². The number of aliphatic carboxylic acids is 1. The first-order valence-electron chi connectivity index (χ1n) is 11.2. The molecule has 2 aliphatic rings. The number of carbonyl (C=O) groups is 2. The molecule has 2 fully saturated rings. The van der Waals surface area contributed by atoms with Gasteiger partial charge in [-0.2, -0.15) is 0 Å².